The monoisotopic (exact) mass is 537 g/mol. The summed E-state index contributed by atoms with van der Waals surface area (Å²) < 4.78 is 0. The van der Waals surface area contributed by atoms with Crippen molar-refractivity contribution in [1.82, 2.24) is 20.9 Å². The lowest BCUT2D eigenvalue weighted by Crippen LogP contribution is -2.58. The largest absolute Gasteiger partial charge is 0.481 e. The molecule has 2 aromatic rings. The Balaban J connectivity index is 2.34. The number of hydrogen-bond donors (Lipinski definition) is 9. The Morgan fingerprint density at radius 2 is 1.38 bits per heavy atom. The SMILES string of the molecule is NC(CS)C(=O)NC(CC(=O)O)C(=O)NC(Cc1c[nH]c2ccccc12)C(=O)NC(CC(=O)O)C(=O)O. The molecular weight excluding hydrogens is 510 g/mol. The van der Waals surface area contributed by atoms with Crippen LogP contribution in [0.4, 0.5) is 0 Å². The molecule has 0 aliphatic carbocycles. The summed E-state index contributed by atoms with van der Waals surface area (Å²) in [5, 5.41) is 34.8. The fourth-order valence-electron chi connectivity index (χ4n) is 3.39. The van der Waals surface area contributed by atoms with Crippen LogP contribution in [0.25, 0.3) is 10.9 Å². The minimum atomic E-state index is -1.80. The molecule has 0 spiro atoms. The molecule has 14 nitrogen and oxygen atoms in total. The van der Waals surface area contributed by atoms with E-state index in [0.29, 0.717) is 16.5 Å². The maximum Gasteiger partial charge on any atom is 0.326 e. The summed E-state index contributed by atoms with van der Waals surface area (Å²) in [7, 11) is 0. The van der Waals surface area contributed by atoms with E-state index < -0.39 is 72.6 Å². The molecule has 3 amide bonds. The summed E-state index contributed by atoms with van der Waals surface area (Å²) >= 11 is 3.88. The second kappa shape index (κ2) is 13.3. The van der Waals surface area contributed by atoms with Crippen LogP contribution in [-0.2, 0) is 35.2 Å². The molecule has 2 rings (SSSR count). The quantitative estimate of drug-likeness (QED) is 0.126. The van der Waals surface area contributed by atoms with Gasteiger partial charge in [-0.2, -0.15) is 12.6 Å². The normalized spacial score (nSPS) is 14.1. The molecule has 1 aromatic heterocycles. The van der Waals surface area contributed by atoms with E-state index in [1.807, 2.05) is 0 Å². The number of benzene rings is 1. The third kappa shape index (κ3) is 8.50. The molecule has 0 radical (unpaired) electrons. The van der Waals surface area contributed by atoms with Crippen LogP contribution in [0.2, 0.25) is 0 Å². The number of carbonyl (C=O) groups excluding carboxylic acids is 3. The van der Waals surface area contributed by atoms with Crippen LogP contribution in [0.3, 0.4) is 0 Å². The second-order valence-corrected chi connectivity index (χ2v) is 8.44. The van der Waals surface area contributed by atoms with Crippen molar-refractivity contribution in [2.45, 2.75) is 43.4 Å². The summed E-state index contributed by atoms with van der Waals surface area (Å²) in [6, 6.07) is 1.01. The lowest BCUT2D eigenvalue weighted by Gasteiger charge is -2.24. The minimum Gasteiger partial charge on any atom is -0.481 e. The molecule has 0 fully saturated rings. The van der Waals surface area contributed by atoms with Crippen molar-refractivity contribution in [3.8, 4) is 0 Å². The third-order valence-corrected chi connectivity index (χ3v) is 5.66. The van der Waals surface area contributed by atoms with Crippen LogP contribution in [0.15, 0.2) is 30.5 Å². The molecule has 1 aromatic carbocycles. The molecule has 0 aliphatic rings. The van der Waals surface area contributed by atoms with Gasteiger partial charge in [0.05, 0.1) is 18.9 Å². The van der Waals surface area contributed by atoms with Crippen molar-refractivity contribution in [3.05, 3.63) is 36.0 Å². The summed E-state index contributed by atoms with van der Waals surface area (Å²) in [5.74, 6) is -7.52. The van der Waals surface area contributed by atoms with E-state index in [0.717, 1.165) is 0 Å². The first-order valence-electron chi connectivity index (χ1n) is 10.9. The lowest BCUT2D eigenvalue weighted by atomic mass is 10.0. The number of rotatable bonds is 14. The number of amides is 3. The number of H-pyrrole nitrogens is 1. The molecule has 4 unspecified atom stereocenters. The average molecular weight is 538 g/mol. The van der Waals surface area contributed by atoms with Gasteiger partial charge in [-0.3, -0.25) is 24.0 Å². The number of carboxylic acid groups (broad SMARTS) is 3. The first-order chi connectivity index (χ1) is 17.4. The number of aromatic nitrogens is 1. The molecule has 200 valence electrons. The van der Waals surface area contributed by atoms with E-state index >= 15 is 0 Å². The molecule has 37 heavy (non-hydrogen) atoms. The van der Waals surface area contributed by atoms with Gasteiger partial charge in [0.1, 0.15) is 18.1 Å². The topological polar surface area (TPSA) is 241 Å². The molecule has 0 aliphatic heterocycles. The number of aromatic amines is 1. The Kier molecular flexibility index (Phi) is 10.4. The van der Waals surface area contributed by atoms with Gasteiger partial charge in [0.2, 0.25) is 17.7 Å². The summed E-state index contributed by atoms with van der Waals surface area (Å²) in [4.78, 5) is 74.9. The van der Waals surface area contributed by atoms with Crippen molar-refractivity contribution in [3.63, 3.8) is 0 Å². The number of nitrogens with one attached hydrogen (secondary N) is 4. The zero-order valence-corrected chi connectivity index (χ0v) is 20.2. The number of hydrogen-bond acceptors (Lipinski definition) is 8. The van der Waals surface area contributed by atoms with E-state index in [1.165, 1.54) is 0 Å². The van der Waals surface area contributed by atoms with E-state index in [2.05, 4.69) is 33.6 Å². The first-order valence-corrected chi connectivity index (χ1v) is 11.5. The van der Waals surface area contributed by atoms with Gasteiger partial charge in [-0.1, -0.05) is 18.2 Å². The van der Waals surface area contributed by atoms with E-state index in [1.54, 1.807) is 30.5 Å². The highest BCUT2D eigenvalue weighted by molar-refractivity contribution is 7.80. The first kappa shape index (κ1) is 29.1. The molecule has 9 N–H and O–H groups in total. The van der Waals surface area contributed by atoms with Crippen LogP contribution < -0.4 is 21.7 Å². The number of aliphatic carboxylic acids is 3. The standard InChI is InChI=1S/C22H27N5O9S/c23-12(9-37)19(32)25-15(6-17(28)29)21(34)26-14(20(33)27-16(22(35)36)7-18(30)31)5-10-8-24-13-4-2-1-3-11(10)13/h1-4,8,12,14-16,24,37H,5-7,9,23H2,(H,25,32)(H,26,34)(H,27,33)(H,28,29)(H,30,31)(H,35,36). The molecule has 1 heterocycles. The van der Waals surface area contributed by atoms with Crippen LogP contribution in [0, 0.1) is 0 Å². The molecule has 15 heteroatoms. The number of carboxylic acids is 3. The van der Waals surface area contributed by atoms with Crippen molar-refractivity contribution in [2.75, 3.05) is 5.75 Å². The van der Waals surface area contributed by atoms with E-state index in [9.17, 15) is 39.0 Å². The Morgan fingerprint density at radius 3 is 1.97 bits per heavy atom. The zero-order chi connectivity index (χ0) is 27.7. The average Bonchev–Trinajstić information content (AvgIpc) is 3.24. The van der Waals surface area contributed by atoms with Crippen molar-refractivity contribution < 1.29 is 44.1 Å². The number of fused-ring (bicyclic) bond motifs is 1. The summed E-state index contributed by atoms with van der Waals surface area (Å²) in [6.45, 7) is 0. The van der Waals surface area contributed by atoms with Crippen LogP contribution in [0.1, 0.15) is 18.4 Å². The van der Waals surface area contributed by atoms with Gasteiger partial charge in [0.25, 0.3) is 0 Å². The highest BCUT2D eigenvalue weighted by Gasteiger charge is 2.32. The van der Waals surface area contributed by atoms with Gasteiger partial charge in [0.15, 0.2) is 0 Å². The molecule has 4 atom stereocenters. The highest BCUT2D eigenvalue weighted by Crippen LogP contribution is 2.19. The number of thiol groups is 1. The Labute approximate surface area is 215 Å². The lowest BCUT2D eigenvalue weighted by molar-refractivity contribution is -0.147. The summed E-state index contributed by atoms with van der Waals surface area (Å²) in [6.07, 6.45) is -0.362. The van der Waals surface area contributed by atoms with Crippen molar-refractivity contribution in [1.29, 1.82) is 0 Å². The highest BCUT2D eigenvalue weighted by atomic mass is 32.1. The predicted molar refractivity (Wildman–Crippen MR) is 132 cm³/mol. The van der Waals surface area contributed by atoms with Gasteiger partial charge in [-0.05, 0) is 11.6 Å². The van der Waals surface area contributed by atoms with E-state index in [4.69, 9.17) is 10.8 Å². The van der Waals surface area contributed by atoms with Gasteiger partial charge in [-0.15, -0.1) is 0 Å². The number of carbonyl (C=O) groups is 6. The van der Waals surface area contributed by atoms with Crippen LogP contribution in [-0.4, -0.2) is 85.9 Å². The third-order valence-electron chi connectivity index (χ3n) is 5.27. The second-order valence-electron chi connectivity index (χ2n) is 8.07. The molecular formula is C22H27N5O9S. The fraction of sp³-hybridized carbons (Fsp3) is 0.364. The van der Waals surface area contributed by atoms with Gasteiger partial charge in [0, 0.05) is 29.3 Å². The van der Waals surface area contributed by atoms with Gasteiger partial charge >= 0.3 is 17.9 Å². The van der Waals surface area contributed by atoms with Crippen LogP contribution >= 0.6 is 12.6 Å². The minimum absolute atomic E-state index is 0.0843. The zero-order valence-electron chi connectivity index (χ0n) is 19.3. The fourth-order valence-corrected chi connectivity index (χ4v) is 3.56. The molecule has 0 saturated carbocycles. The maximum absolute atomic E-state index is 13.0. The van der Waals surface area contributed by atoms with E-state index in [-0.39, 0.29) is 12.2 Å². The Hall–Kier alpha value is -4.11. The van der Waals surface area contributed by atoms with Crippen molar-refractivity contribution in [2.24, 2.45) is 5.73 Å². The molecule has 0 bridgehead atoms. The van der Waals surface area contributed by atoms with Crippen LogP contribution in [0.5, 0.6) is 0 Å². The molecule has 0 saturated heterocycles. The van der Waals surface area contributed by atoms with Gasteiger partial charge in [-0.25, -0.2) is 4.79 Å². The number of para-hydroxylation sites is 1. The Morgan fingerprint density at radius 1 is 0.838 bits per heavy atom. The summed E-state index contributed by atoms with van der Waals surface area (Å²) in [5.41, 5.74) is 6.84. The smallest absolute Gasteiger partial charge is 0.326 e. The van der Waals surface area contributed by atoms with Gasteiger partial charge < -0.3 is 42.0 Å². The maximum atomic E-state index is 13.0. The van der Waals surface area contributed by atoms with Crippen molar-refractivity contribution >= 4 is 59.2 Å². The Bertz CT molecular complexity index is 1180. The number of nitrogens with two attached hydrogens (primary N) is 1. The predicted octanol–water partition coefficient (Wildman–Crippen LogP) is -1.54.